The van der Waals surface area contributed by atoms with E-state index >= 15 is 0 Å². The van der Waals surface area contributed by atoms with Crippen molar-refractivity contribution >= 4 is 29.0 Å². The third kappa shape index (κ3) is 3.27. The molecule has 1 heterocycles. The molecule has 104 valence electrons. The molecular formula is C15H16ClN3O. The molecule has 4 nitrogen and oxygen atoms in total. The number of pyridine rings is 1. The zero-order valence-corrected chi connectivity index (χ0v) is 12.4. The molecule has 1 amide bonds. The number of hydrogen-bond acceptors (Lipinski definition) is 3. The van der Waals surface area contributed by atoms with Crippen molar-refractivity contribution in [3.8, 4) is 0 Å². The summed E-state index contributed by atoms with van der Waals surface area (Å²) in [5.41, 5.74) is 2.96. The minimum Gasteiger partial charge on any atom is -0.373 e. The van der Waals surface area contributed by atoms with Crippen LogP contribution in [0.15, 0.2) is 30.3 Å². The summed E-state index contributed by atoms with van der Waals surface area (Å²) in [5.74, 6) is 0.449. The Morgan fingerprint density at radius 1 is 1.20 bits per heavy atom. The summed E-state index contributed by atoms with van der Waals surface area (Å²) in [4.78, 5) is 16.5. The molecule has 0 atom stereocenters. The first-order valence-electron chi connectivity index (χ1n) is 6.23. The van der Waals surface area contributed by atoms with Gasteiger partial charge in [-0.05, 0) is 43.7 Å². The molecule has 2 rings (SSSR count). The van der Waals surface area contributed by atoms with Crippen LogP contribution in [0.4, 0.5) is 11.5 Å². The maximum absolute atomic E-state index is 12.3. The van der Waals surface area contributed by atoms with Gasteiger partial charge < -0.3 is 10.6 Å². The molecule has 0 saturated heterocycles. The molecular weight excluding hydrogens is 274 g/mol. The van der Waals surface area contributed by atoms with Gasteiger partial charge in [0, 0.05) is 18.3 Å². The van der Waals surface area contributed by atoms with Crippen molar-refractivity contribution in [2.24, 2.45) is 0 Å². The lowest BCUT2D eigenvalue weighted by atomic mass is 10.2. The third-order valence-electron chi connectivity index (χ3n) is 2.84. The Balaban J connectivity index is 2.28. The Kier molecular flexibility index (Phi) is 4.25. The van der Waals surface area contributed by atoms with Crippen molar-refractivity contribution in [1.82, 2.24) is 4.98 Å². The van der Waals surface area contributed by atoms with E-state index in [1.54, 1.807) is 25.2 Å². The maximum Gasteiger partial charge on any atom is 0.255 e. The number of amides is 1. The molecule has 20 heavy (non-hydrogen) atoms. The molecule has 0 aliphatic rings. The molecule has 5 heteroatoms. The highest BCUT2D eigenvalue weighted by molar-refractivity contribution is 6.34. The average molecular weight is 290 g/mol. The second-order valence-corrected chi connectivity index (χ2v) is 4.98. The van der Waals surface area contributed by atoms with Gasteiger partial charge in [0.2, 0.25) is 0 Å². The molecule has 0 radical (unpaired) electrons. The quantitative estimate of drug-likeness (QED) is 0.907. The Labute approximate surface area is 123 Å². The van der Waals surface area contributed by atoms with Gasteiger partial charge in [-0.3, -0.25) is 4.79 Å². The van der Waals surface area contributed by atoms with Gasteiger partial charge in [0.25, 0.3) is 5.91 Å². The molecule has 2 aromatic rings. The molecule has 0 saturated carbocycles. The van der Waals surface area contributed by atoms with Crippen molar-refractivity contribution in [1.29, 1.82) is 0 Å². The fourth-order valence-electron chi connectivity index (χ4n) is 1.86. The lowest BCUT2D eigenvalue weighted by Gasteiger charge is -2.10. The van der Waals surface area contributed by atoms with Crippen LogP contribution in [0.2, 0.25) is 5.02 Å². The highest BCUT2D eigenvalue weighted by Gasteiger charge is 2.10. The molecule has 1 aromatic heterocycles. The van der Waals surface area contributed by atoms with Crippen LogP contribution in [-0.2, 0) is 0 Å². The molecule has 2 N–H and O–H groups in total. The fraction of sp³-hybridized carbons (Fsp3) is 0.200. The molecule has 0 fully saturated rings. The third-order valence-corrected chi connectivity index (χ3v) is 3.17. The van der Waals surface area contributed by atoms with Crippen LogP contribution in [0.1, 0.15) is 21.6 Å². The predicted molar refractivity (Wildman–Crippen MR) is 82.7 cm³/mol. The van der Waals surface area contributed by atoms with Crippen LogP contribution >= 0.6 is 11.6 Å². The van der Waals surface area contributed by atoms with Crippen LogP contribution in [-0.4, -0.2) is 17.9 Å². The minimum absolute atomic E-state index is 0.209. The summed E-state index contributed by atoms with van der Waals surface area (Å²) < 4.78 is 0. The Morgan fingerprint density at radius 3 is 2.65 bits per heavy atom. The SMILES string of the molecule is CNc1cc(C(=O)Nc2cc(C)ccc2Cl)cc(C)n1. The number of aryl methyl sites for hydroxylation is 2. The van der Waals surface area contributed by atoms with E-state index in [4.69, 9.17) is 11.6 Å². The van der Waals surface area contributed by atoms with Gasteiger partial charge in [-0.15, -0.1) is 0 Å². The number of carbonyl (C=O) groups is 1. The van der Waals surface area contributed by atoms with Crippen LogP contribution in [0, 0.1) is 13.8 Å². The first-order chi connectivity index (χ1) is 9.49. The molecule has 0 aliphatic heterocycles. The van der Waals surface area contributed by atoms with E-state index in [9.17, 15) is 4.79 Å². The summed E-state index contributed by atoms with van der Waals surface area (Å²) in [6.07, 6.45) is 0. The van der Waals surface area contributed by atoms with Crippen LogP contribution in [0.3, 0.4) is 0 Å². The first kappa shape index (κ1) is 14.3. The van der Waals surface area contributed by atoms with Crippen molar-refractivity contribution in [3.63, 3.8) is 0 Å². The number of carbonyl (C=O) groups excluding carboxylic acids is 1. The van der Waals surface area contributed by atoms with Crippen LogP contribution in [0.5, 0.6) is 0 Å². The number of halogens is 1. The Hall–Kier alpha value is -2.07. The predicted octanol–water partition coefficient (Wildman–Crippen LogP) is 3.65. The maximum atomic E-state index is 12.3. The van der Waals surface area contributed by atoms with Gasteiger partial charge in [0.1, 0.15) is 5.82 Å². The van der Waals surface area contributed by atoms with E-state index < -0.39 is 0 Å². The first-order valence-corrected chi connectivity index (χ1v) is 6.61. The Morgan fingerprint density at radius 2 is 1.95 bits per heavy atom. The highest BCUT2D eigenvalue weighted by atomic mass is 35.5. The number of benzene rings is 1. The fourth-order valence-corrected chi connectivity index (χ4v) is 2.02. The number of nitrogens with zero attached hydrogens (tertiary/aromatic N) is 1. The van der Waals surface area contributed by atoms with E-state index in [2.05, 4.69) is 15.6 Å². The molecule has 0 unspecified atom stereocenters. The topological polar surface area (TPSA) is 54.0 Å². The van der Waals surface area contributed by atoms with E-state index in [-0.39, 0.29) is 5.91 Å². The summed E-state index contributed by atoms with van der Waals surface area (Å²) >= 11 is 6.08. The average Bonchev–Trinajstić information content (AvgIpc) is 2.42. The van der Waals surface area contributed by atoms with Crippen LogP contribution < -0.4 is 10.6 Å². The smallest absolute Gasteiger partial charge is 0.255 e. The summed E-state index contributed by atoms with van der Waals surface area (Å²) in [7, 11) is 1.76. The normalized spacial score (nSPS) is 10.2. The molecule has 0 spiro atoms. The number of nitrogens with one attached hydrogen (secondary N) is 2. The monoisotopic (exact) mass is 289 g/mol. The van der Waals surface area contributed by atoms with Gasteiger partial charge in [-0.2, -0.15) is 0 Å². The van der Waals surface area contributed by atoms with E-state index in [0.717, 1.165) is 11.3 Å². The number of anilines is 2. The van der Waals surface area contributed by atoms with E-state index in [0.29, 0.717) is 22.1 Å². The van der Waals surface area contributed by atoms with Gasteiger partial charge in [-0.1, -0.05) is 17.7 Å². The number of rotatable bonds is 3. The molecule has 1 aromatic carbocycles. The minimum atomic E-state index is -0.209. The van der Waals surface area contributed by atoms with Gasteiger partial charge in [0.15, 0.2) is 0 Å². The molecule has 0 bridgehead atoms. The summed E-state index contributed by atoms with van der Waals surface area (Å²) in [6, 6.07) is 8.94. The number of aromatic nitrogens is 1. The zero-order valence-electron chi connectivity index (χ0n) is 11.6. The second kappa shape index (κ2) is 5.92. The van der Waals surface area contributed by atoms with Crippen molar-refractivity contribution < 1.29 is 4.79 Å². The van der Waals surface area contributed by atoms with Gasteiger partial charge in [0.05, 0.1) is 10.7 Å². The largest absolute Gasteiger partial charge is 0.373 e. The van der Waals surface area contributed by atoms with Gasteiger partial charge in [-0.25, -0.2) is 4.98 Å². The van der Waals surface area contributed by atoms with Crippen molar-refractivity contribution in [2.75, 3.05) is 17.7 Å². The second-order valence-electron chi connectivity index (χ2n) is 4.57. The highest BCUT2D eigenvalue weighted by Crippen LogP contribution is 2.23. The van der Waals surface area contributed by atoms with Gasteiger partial charge >= 0.3 is 0 Å². The van der Waals surface area contributed by atoms with E-state index in [1.165, 1.54) is 0 Å². The van der Waals surface area contributed by atoms with Crippen molar-refractivity contribution in [3.05, 3.63) is 52.2 Å². The summed E-state index contributed by atoms with van der Waals surface area (Å²) in [5, 5.41) is 6.27. The van der Waals surface area contributed by atoms with Crippen LogP contribution in [0.25, 0.3) is 0 Å². The zero-order chi connectivity index (χ0) is 14.7. The lowest BCUT2D eigenvalue weighted by Crippen LogP contribution is -2.13. The number of hydrogen-bond donors (Lipinski definition) is 2. The van der Waals surface area contributed by atoms with Crippen molar-refractivity contribution in [2.45, 2.75) is 13.8 Å². The molecule has 0 aliphatic carbocycles. The standard InChI is InChI=1S/C15H16ClN3O/c1-9-4-5-12(16)13(6-9)19-15(20)11-7-10(2)18-14(8-11)17-3/h4-8H,1-3H3,(H,17,18)(H,19,20). The lowest BCUT2D eigenvalue weighted by molar-refractivity contribution is 0.102. The Bertz CT molecular complexity index is 656. The summed E-state index contributed by atoms with van der Waals surface area (Å²) in [6.45, 7) is 3.79. The van der Waals surface area contributed by atoms with E-state index in [1.807, 2.05) is 26.0 Å².